The number of alkyl halides is 6. The lowest BCUT2D eigenvalue weighted by Crippen LogP contribution is -2.41. The molecule has 2 aliphatic rings. The average molecular weight is 397 g/mol. The molecule has 2 fully saturated rings. The predicted molar refractivity (Wildman–Crippen MR) is 80.8 cm³/mol. The SMILES string of the molecule is O=C(c1cc(C(F)(F)F)cc(C(F)(F)F)c1)N1CCC(C2OCCO2)CC1. The Labute approximate surface area is 151 Å². The van der Waals surface area contributed by atoms with E-state index in [1.54, 1.807) is 0 Å². The molecule has 27 heavy (non-hydrogen) atoms. The van der Waals surface area contributed by atoms with Gasteiger partial charge in [-0.15, -0.1) is 0 Å². The van der Waals surface area contributed by atoms with Crippen LogP contribution in [-0.4, -0.2) is 43.4 Å². The summed E-state index contributed by atoms with van der Waals surface area (Å²) in [6.07, 6.45) is -9.34. The maximum absolute atomic E-state index is 12.9. The summed E-state index contributed by atoms with van der Waals surface area (Å²) in [5, 5.41) is 0. The summed E-state index contributed by atoms with van der Waals surface area (Å²) >= 11 is 0. The molecular formula is C17H17F6NO3. The number of nitrogens with zero attached hydrogens (tertiary/aromatic N) is 1. The van der Waals surface area contributed by atoms with E-state index >= 15 is 0 Å². The lowest BCUT2D eigenvalue weighted by Gasteiger charge is -2.34. The normalized spacial score (nSPS) is 20.3. The number of hydrogen-bond donors (Lipinski definition) is 0. The molecule has 1 amide bonds. The quantitative estimate of drug-likeness (QED) is 0.710. The second-order valence-electron chi connectivity index (χ2n) is 6.53. The van der Waals surface area contributed by atoms with Crippen LogP contribution in [0, 0.1) is 5.92 Å². The molecule has 0 radical (unpaired) electrons. The minimum atomic E-state index is -4.99. The monoisotopic (exact) mass is 397 g/mol. The van der Waals surface area contributed by atoms with Crippen molar-refractivity contribution in [1.82, 2.24) is 4.90 Å². The molecule has 0 bridgehead atoms. The summed E-state index contributed by atoms with van der Waals surface area (Å²) in [5.41, 5.74) is -3.62. The van der Waals surface area contributed by atoms with Crippen molar-refractivity contribution in [3.63, 3.8) is 0 Å². The standard InChI is InChI=1S/C17H17F6NO3/c18-16(19,20)12-7-11(8-13(9-12)17(21,22)23)14(25)24-3-1-10(2-4-24)15-26-5-6-27-15/h7-10,15H,1-6H2. The second-order valence-corrected chi connectivity index (χ2v) is 6.53. The van der Waals surface area contributed by atoms with Crippen molar-refractivity contribution >= 4 is 5.91 Å². The summed E-state index contributed by atoms with van der Waals surface area (Å²) in [5.74, 6) is -0.804. The van der Waals surface area contributed by atoms with E-state index in [0.29, 0.717) is 38.2 Å². The summed E-state index contributed by atoms with van der Waals surface area (Å²) in [6, 6.07) is 0.942. The van der Waals surface area contributed by atoms with E-state index < -0.39 is 35.0 Å². The van der Waals surface area contributed by atoms with Crippen molar-refractivity contribution in [2.24, 2.45) is 5.92 Å². The van der Waals surface area contributed by atoms with Gasteiger partial charge in [-0.05, 0) is 31.0 Å². The molecule has 0 atom stereocenters. The van der Waals surface area contributed by atoms with Gasteiger partial charge in [0.1, 0.15) is 0 Å². The molecule has 0 spiro atoms. The molecule has 2 heterocycles. The van der Waals surface area contributed by atoms with Crippen LogP contribution < -0.4 is 0 Å². The maximum Gasteiger partial charge on any atom is 0.416 e. The van der Waals surface area contributed by atoms with Gasteiger partial charge >= 0.3 is 12.4 Å². The third-order valence-corrected chi connectivity index (χ3v) is 4.69. The fourth-order valence-corrected chi connectivity index (χ4v) is 3.28. The summed E-state index contributed by atoms with van der Waals surface area (Å²) in [6.45, 7) is 1.39. The molecule has 2 aliphatic heterocycles. The number of piperidine rings is 1. The molecule has 0 saturated carbocycles. The number of hydrogen-bond acceptors (Lipinski definition) is 3. The van der Waals surface area contributed by atoms with E-state index in [4.69, 9.17) is 9.47 Å². The van der Waals surface area contributed by atoms with Gasteiger partial charge < -0.3 is 14.4 Å². The number of carbonyl (C=O) groups excluding carboxylic acids is 1. The molecule has 4 nitrogen and oxygen atoms in total. The molecule has 0 unspecified atom stereocenters. The van der Waals surface area contributed by atoms with Gasteiger partial charge in [-0.3, -0.25) is 4.79 Å². The number of carbonyl (C=O) groups is 1. The number of ether oxygens (including phenoxy) is 2. The van der Waals surface area contributed by atoms with Crippen molar-refractivity contribution < 1.29 is 40.6 Å². The minimum Gasteiger partial charge on any atom is -0.350 e. The van der Waals surface area contributed by atoms with Crippen molar-refractivity contribution in [3.05, 3.63) is 34.9 Å². The Morgan fingerprint density at radius 2 is 1.37 bits per heavy atom. The van der Waals surface area contributed by atoms with Crippen LogP contribution in [0.2, 0.25) is 0 Å². The summed E-state index contributed by atoms with van der Waals surface area (Å²) < 4.78 is 88.5. The molecule has 0 aliphatic carbocycles. The van der Waals surface area contributed by atoms with Gasteiger partial charge in [0, 0.05) is 24.6 Å². The van der Waals surface area contributed by atoms with E-state index in [0.717, 1.165) is 0 Å². The Hall–Kier alpha value is -1.81. The Morgan fingerprint density at radius 1 is 0.889 bits per heavy atom. The van der Waals surface area contributed by atoms with Crippen LogP contribution in [0.25, 0.3) is 0 Å². The second kappa shape index (κ2) is 7.31. The zero-order valence-corrected chi connectivity index (χ0v) is 14.1. The highest BCUT2D eigenvalue weighted by molar-refractivity contribution is 5.94. The van der Waals surface area contributed by atoms with E-state index in [1.165, 1.54) is 4.90 Å². The van der Waals surface area contributed by atoms with Crippen LogP contribution in [0.5, 0.6) is 0 Å². The smallest absolute Gasteiger partial charge is 0.350 e. The lowest BCUT2D eigenvalue weighted by atomic mass is 9.95. The number of amides is 1. The highest BCUT2D eigenvalue weighted by Gasteiger charge is 2.38. The summed E-state index contributed by atoms with van der Waals surface area (Å²) in [7, 11) is 0. The zero-order chi connectivity index (χ0) is 19.8. The predicted octanol–water partition coefficient (Wildman–Crippen LogP) is 3.95. The Kier molecular flexibility index (Phi) is 5.40. The highest BCUT2D eigenvalue weighted by Crippen LogP contribution is 2.37. The molecule has 0 N–H and O–H groups in total. The molecule has 1 aromatic carbocycles. The van der Waals surface area contributed by atoms with Crippen LogP contribution in [0.15, 0.2) is 18.2 Å². The number of halogens is 6. The number of benzene rings is 1. The zero-order valence-electron chi connectivity index (χ0n) is 14.1. The fourth-order valence-electron chi connectivity index (χ4n) is 3.28. The highest BCUT2D eigenvalue weighted by atomic mass is 19.4. The first kappa shape index (κ1) is 19.9. The average Bonchev–Trinajstić information content (AvgIpc) is 3.14. The van der Waals surface area contributed by atoms with Gasteiger partial charge in [0.25, 0.3) is 5.91 Å². The van der Waals surface area contributed by atoms with Crippen LogP contribution in [0.3, 0.4) is 0 Å². The van der Waals surface area contributed by atoms with Gasteiger partial charge in [-0.2, -0.15) is 26.3 Å². The molecule has 10 heteroatoms. The van der Waals surface area contributed by atoms with Gasteiger partial charge in [-0.1, -0.05) is 0 Å². The Morgan fingerprint density at radius 3 is 1.81 bits per heavy atom. The van der Waals surface area contributed by atoms with Crippen LogP contribution >= 0.6 is 0 Å². The molecule has 2 saturated heterocycles. The van der Waals surface area contributed by atoms with Crippen molar-refractivity contribution in [2.45, 2.75) is 31.5 Å². The van der Waals surface area contributed by atoms with Gasteiger partial charge in [0.15, 0.2) is 6.29 Å². The molecule has 3 rings (SSSR count). The molecule has 1 aromatic rings. The van der Waals surface area contributed by atoms with E-state index in [2.05, 4.69) is 0 Å². The van der Waals surface area contributed by atoms with E-state index in [9.17, 15) is 31.1 Å². The van der Waals surface area contributed by atoms with Crippen LogP contribution in [-0.2, 0) is 21.8 Å². The van der Waals surface area contributed by atoms with Gasteiger partial charge in [-0.25, -0.2) is 0 Å². The number of rotatable bonds is 2. The third kappa shape index (κ3) is 4.55. The van der Waals surface area contributed by atoms with Crippen LogP contribution in [0.4, 0.5) is 26.3 Å². The molecular weight excluding hydrogens is 380 g/mol. The van der Waals surface area contributed by atoms with E-state index in [-0.39, 0.29) is 31.4 Å². The van der Waals surface area contributed by atoms with E-state index in [1.807, 2.05) is 0 Å². The Bertz CT molecular complexity index is 657. The van der Waals surface area contributed by atoms with Crippen LogP contribution in [0.1, 0.15) is 34.3 Å². The molecule has 150 valence electrons. The first-order valence-corrected chi connectivity index (χ1v) is 8.37. The van der Waals surface area contributed by atoms with Crippen molar-refractivity contribution in [1.29, 1.82) is 0 Å². The number of likely N-dealkylation sites (tertiary alicyclic amines) is 1. The topological polar surface area (TPSA) is 38.8 Å². The van der Waals surface area contributed by atoms with Gasteiger partial charge in [0.2, 0.25) is 0 Å². The Balaban J connectivity index is 1.78. The van der Waals surface area contributed by atoms with Crippen molar-refractivity contribution in [2.75, 3.05) is 26.3 Å². The lowest BCUT2D eigenvalue weighted by molar-refractivity contribution is -0.143. The third-order valence-electron chi connectivity index (χ3n) is 4.69. The van der Waals surface area contributed by atoms with Crippen molar-refractivity contribution in [3.8, 4) is 0 Å². The van der Waals surface area contributed by atoms with Gasteiger partial charge in [0.05, 0.1) is 24.3 Å². The first-order valence-electron chi connectivity index (χ1n) is 8.37. The molecule has 0 aromatic heterocycles. The maximum atomic E-state index is 12.9. The minimum absolute atomic E-state index is 0.0117. The fraction of sp³-hybridized carbons (Fsp3) is 0.588. The summed E-state index contributed by atoms with van der Waals surface area (Å²) in [4.78, 5) is 13.8. The largest absolute Gasteiger partial charge is 0.416 e. The first-order chi connectivity index (χ1) is 12.6.